The number of rotatable bonds is 3. The van der Waals surface area contributed by atoms with Crippen molar-refractivity contribution in [1.29, 1.82) is 0 Å². The van der Waals surface area contributed by atoms with Gasteiger partial charge in [0.1, 0.15) is 18.9 Å². The van der Waals surface area contributed by atoms with Crippen molar-refractivity contribution in [3.8, 4) is 0 Å². The third-order valence-electron chi connectivity index (χ3n) is 4.31. The lowest BCUT2D eigenvalue weighted by Crippen LogP contribution is -2.44. The van der Waals surface area contributed by atoms with Crippen LogP contribution in [0, 0.1) is 13.8 Å². The Morgan fingerprint density at radius 2 is 2.08 bits per heavy atom. The Balaban J connectivity index is 1.88. The molecule has 26 heavy (non-hydrogen) atoms. The summed E-state index contributed by atoms with van der Waals surface area (Å²) in [5.41, 5.74) is 1.79. The van der Waals surface area contributed by atoms with Crippen LogP contribution in [0.1, 0.15) is 33.6 Å². The van der Waals surface area contributed by atoms with Crippen molar-refractivity contribution in [3.63, 3.8) is 0 Å². The van der Waals surface area contributed by atoms with E-state index < -0.39 is 18.8 Å². The molecule has 1 amide bonds. The Labute approximate surface area is 147 Å². The van der Waals surface area contributed by atoms with Crippen LogP contribution in [0.25, 0.3) is 0 Å². The number of aromatic nitrogens is 5. The molecule has 0 spiro atoms. The predicted molar refractivity (Wildman–Crippen MR) is 83.4 cm³/mol. The number of amides is 1. The lowest BCUT2D eigenvalue weighted by molar-refractivity contribution is -0.142. The van der Waals surface area contributed by atoms with Gasteiger partial charge in [0.25, 0.3) is 5.91 Å². The molecule has 1 unspecified atom stereocenters. The molecule has 1 fully saturated rings. The van der Waals surface area contributed by atoms with Gasteiger partial charge in [-0.2, -0.15) is 23.4 Å². The van der Waals surface area contributed by atoms with Crippen molar-refractivity contribution < 1.29 is 22.7 Å². The minimum absolute atomic E-state index is 0.125. The number of aryl methyl sites for hydroxylation is 2. The fourth-order valence-electron chi connectivity index (χ4n) is 3.01. The van der Waals surface area contributed by atoms with Crippen molar-refractivity contribution >= 4 is 5.91 Å². The lowest BCUT2D eigenvalue weighted by atomic mass is 10.1. The molecule has 8 nitrogen and oxygen atoms in total. The minimum Gasteiger partial charge on any atom is -0.377 e. The molecule has 0 aliphatic carbocycles. The van der Waals surface area contributed by atoms with Crippen molar-refractivity contribution in [2.24, 2.45) is 7.05 Å². The van der Waals surface area contributed by atoms with Crippen LogP contribution in [-0.2, 0) is 18.3 Å². The lowest BCUT2D eigenvalue weighted by Gasteiger charge is -2.34. The van der Waals surface area contributed by atoms with E-state index in [9.17, 15) is 18.0 Å². The van der Waals surface area contributed by atoms with Crippen molar-refractivity contribution in [1.82, 2.24) is 29.4 Å². The smallest absolute Gasteiger partial charge is 0.377 e. The largest absolute Gasteiger partial charge is 0.408 e. The van der Waals surface area contributed by atoms with Gasteiger partial charge in [0.2, 0.25) is 0 Å². The average molecular weight is 372 g/mol. The van der Waals surface area contributed by atoms with Crippen molar-refractivity contribution in [2.45, 2.75) is 32.6 Å². The minimum atomic E-state index is -4.40. The summed E-state index contributed by atoms with van der Waals surface area (Å²) in [5.74, 6) is -0.130. The van der Waals surface area contributed by atoms with Crippen molar-refractivity contribution in [2.75, 3.05) is 19.8 Å². The highest BCUT2D eigenvalue weighted by molar-refractivity contribution is 5.96. The zero-order valence-corrected chi connectivity index (χ0v) is 14.6. The first-order chi connectivity index (χ1) is 12.2. The van der Waals surface area contributed by atoms with E-state index in [-0.39, 0.29) is 18.3 Å². The Morgan fingerprint density at radius 3 is 2.69 bits per heavy atom. The monoisotopic (exact) mass is 372 g/mol. The first kappa shape index (κ1) is 18.4. The summed E-state index contributed by atoms with van der Waals surface area (Å²) in [5, 5.41) is 8.13. The van der Waals surface area contributed by atoms with Crippen LogP contribution >= 0.6 is 0 Å². The van der Waals surface area contributed by atoms with Gasteiger partial charge in [0.15, 0.2) is 5.82 Å². The Morgan fingerprint density at radius 1 is 1.35 bits per heavy atom. The third kappa shape index (κ3) is 3.57. The maximum Gasteiger partial charge on any atom is 0.408 e. The Bertz CT molecular complexity index is 813. The number of nitrogens with zero attached hydrogens (tertiary/aromatic N) is 6. The molecule has 2 aromatic rings. The van der Waals surface area contributed by atoms with Gasteiger partial charge in [-0.25, -0.2) is 9.67 Å². The van der Waals surface area contributed by atoms with Gasteiger partial charge >= 0.3 is 6.18 Å². The molecule has 1 aliphatic heterocycles. The fraction of sp³-hybridized carbons (Fsp3) is 0.600. The molecule has 0 saturated carbocycles. The van der Waals surface area contributed by atoms with E-state index in [0.717, 1.165) is 6.33 Å². The summed E-state index contributed by atoms with van der Waals surface area (Å²) in [4.78, 5) is 18.5. The molecule has 3 heterocycles. The number of alkyl halides is 3. The van der Waals surface area contributed by atoms with E-state index in [1.165, 1.54) is 4.90 Å². The number of hydrogen-bond acceptors (Lipinski definition) is 5. The van der Waals surface area contributed by atoms with Gasteiger partial charge in [0.05, 0.1) is 24.5 Å². The van der Waals surface area contributed by atoms with Crippen LogP contribution in [-0.4, -0.2) is 61.3 Å². The summed E-state index contributed by atoms with van der Waals surface area (Å²) in [6.45, 7) is 3.06. The fourth-order valence-corrected chi connectivity index (χ4v) is 3.01. The molecule has 0 N–H and O–H groups in total. The third-order valence-corrected chi connectivity index (χ3v) is 4.31. The average Bonchev–Trinajstić information content (AvgIpc) is 3.10. The second-order valence-corrected chi connectivity index (χ2v) is 6.17. The Hall–Kier alpha value is -2.43. The van der Waals surface area contributed by atoms with E-state index >= 15 is 0 Å². The molecule has 142 valence electrons. The molecule has 1 aliphatic rings. The second kappa shape index (κ2) is 6.71. The topological polar surface area (TPSA) is 78.1 Å². The number of hydrogen-bond donors (Lipinski definition) is 0. The first-order valence-electron chi connectivity index (χ1n) is 8.02. The van der Waals surface area contributed by atoms with Gasteiger partial charge in [-0.15, -0.1) is 0 Å². The second-order valence-electron chi connectivity index (χ2n) is 6.17. The van der Waals surface area contributed by atoms with Gasteiger partial charge in [0, 0.05) is 19.3 Å². The molecule has 3 rings (SSSR count). The van der Waals surface area contributed by atoms with Gasteiger partial charge in [-0.05, 0) is 13.8 Å². The van der Waals surface area contributed by atoms with Crippen LogP contribution in [0.3, 0.4) is 0 Å². The molecule has 0 radical (unpaired) electrons. The van der Waals surface area contributed by atoms with E-state index in [2.05, 4.69) is 15.2 Å². The molecule has 2 aromatic heterocycles. The van der Waals surface area contributed by atoms with Gasteiger partial charge in [-0.1, -0.05) is 0 Å². The normalized spacial score (nSPS) is 18.4. The summed E-state index contributed by atoms with van der Waals surface area (Å²) in [7, 11) is 1.75. The number of morpholine rings is 1. The van der Waals surface area contributed by atoms with Gasteiger partial charge < -0.3 is 9.64 Å². The highest BCUT2D eigenvalue weighted by atomic mass is 19.4. The highest BCUT2D eigenvalue weighted by Crippen LogP contribution is 2.26. The molecule has 1 atom stereocenters. The quantitative estimate of drug-likeness (QED) is 0.814. The summed E-state index contributed by atoms with van der Waals surface area (Å²) in [6, 6.07) is -0.648. The molecular weight excluding hydrogens is 353 g/mol. The van der Waals surface area contributed by atoms with Crippen LogP contribution in [0.2, 0.25) is 0 Å². The van der Waals surface area contributed by atoms with Crippen molar-refractivity contribution in [3.05, 3.63) is 29.1 Å². The standard InChI is InChI=1S/C15H19F3N6O2/c1-9-12(10(2)22(3)20-9)14(25)24-4-5-26-6-11(24)13-19-8-23(21-13)7-15(16,17)18/h8,11H,4-7H2,1-3H3. The van der Waals surface area contributed by atoms with E-state index in [4.69, 9.17) is 4.74 Å². The highest BCUT2D eigenvalue weighted by Gasteiger charge is 2.35. The van der Waals surface area contributed by atoms with E-state index in [0.29, 0.717) is 34.8 Å². The molecule has 11 heteroatoms. The molecular formula is C15H19F3N6O2. The van der Waals surface area contributed by atoms with Crippen LogP contribution < -0.4 is 0 Å². The summed E-state index contributed by atoms with van der Waals surface area (Å²) < 4.78 is 45.3. The number of carbonyl (C=O) groups is 1. The molecule has 0 aromatic carbocycles. The predicted octanol–water partition coefficient (Wildman–Crippen LogP) is 1.40. The van der Waals surface area contributed by atoms with Crippen LogP contribution in [0.5, 0.6) is 0 Å². The zero-order chi connectivity index (χ0) is 19.1. The molecule has 0 bridgehead atoms. The van der Waals surface area contributed by atoms with Crippen LogP contribution in [0.15, 0.2) is 6.33 Å². The SMILES string of the molecule is Cc1nn(C)c(C)c1C(=O)N1CCOCC1c1ncn(CC(F)(F)F)n1. The Kier molecular flexibility index (Phi) is 4.74. The summed E-state index contributed by atoms with van der Waals surface area (Å²) in [6.07, 6.45) is -3.38. The number of ether oxygens (including phenoxy) is 1. The van der Waals surface area contributed by atoms with Gasteiger partial charge in [-0.3, -0.25) is 9.48 Å². The number of halogens is 3. The zero-order valence-electron chi connectivity index (χ0n) is 14.6. The maximum atomic E-state index is 13.0. The van der Waals surface area contributed by atoms with E-state index in [1.54, 1.807) is 25.6 Å². The first-order valence-corrected chi connectivity index (χ1v) is 8.02. The number of carbonyl (C=O) groups excluding carboxylic acids is 1. The maximum absolute atomic E-state index is 13.0. The van der Waals surface area contributed by atoms with E-state index in [1.807, 2.05) is 0 Å². The summed E-state index contributed by atoms with van der Waals surface area (Å²) >= 11 is 0. The van der Waals surface area contributed by atoms with Crippen LogP contribution in [0.4, 0.5) is 13.2 Å². The molecule has 1 saturated heterocycles.